The summed E-state index contributed by atoms with van der Waals surface area (Å²) in [5, 5.41) is 3.82. The van der Waals surface area contributed by atoms with E-state index in [1.165, 1.54) is 36.1 Å². The number of likely N-dealkylation sites (tertiary alicyclic amines) is 1. The molecule has 1 aliphatic heterocycles. The molecule has 3 aromatic rings. The Kier molecular flexibility index (Phi) is 9.09. The summed E-state index contributed by atoms with van der Waals surface area (Å²) in [6, 6.07) is 20.3. The number of nitrogens with zero attached hydrogens (tertiary/aromatic N) is 3. The van der Waals surface area contributed by atoms with Crippen LogP contribution in [-0.2, 0) is 11.0 Å². The van der Waals surface area contributed by atoms with Crippen molar-refractivity contribution in [1.82, 2.24) is 4.90 Å². The molecule has 0 aromatic heterocycles. The molecule has 192 valence electrons. The van der Waals surface area contributed by atoms with Gasteiger partial charge in [-0.3, -0.25) is 0 Å². The predicted molar refractivity (Wildman–Crippen MR) is 147 cm³/mol. The smallest absolute Gasteiger partial charge is 0.172 e. The SMILES string of the molecule is Cc1ccc(S(=O)/N=C/C(CCN2CCC(=C(c3ccc(F)cc3)c3ccc(F)cc3)CC2)=N\N)cc1. The first-order valence-corrected chi connectivity index (χ1v) is 13.3. The lowest BCUT2D eigenvalue weighted by Crippen LogP contribution is -2.33. The van der Waals surface area contributed by atoms with Gasteiger partial charge in [-0.05, 0) is 72.9 Å². The summed E-state index contributed by atoms with van der Waals surface area (Å²) in [6.45, 7) is 4.40. The molecular weight excluding hydrogens is 490 g/mol. The predicted octanol–water partition coefficient (Wildman–Crippen LogP) is 5.67. The topological polar surface area (TPSA) is 71.0 Å². The van der Waals surface area contributed by atoms with Gasteiger partial charge in [-0.1, -0.05) is 47.5 Å². The molecule has 1 aliphatic rings. The highest BCUT2D eigenvalue weighted by atomic mass is 32.2. The van der Waals surface area contributed by atoms with E-state index < -0.39 is 11.0 Å². The van der Waals surface area contributed by atoms with Crippen LogP contribution in [0.25, 0.3) is 5.57 Å². The van der Waals surface area contributed by atoms with Crippen molar-refractivity contribution < 1.29 is 13.0 Å². The Hall–Kier alpha value is -3.49. The van der Waals surface area contributed by atoms with E-state index in [2.05, 4.69) is 14.4 Å². The second-order valence-corrected chi connectivity index (χ2v) is 10.2. The minimum atomic E-state index is -1.51. The van der Waals surface area contributed by atoms with Gasteiger partial charge in [0.1, 0.15) is 11.6 Å². The molecule has 8 heteroatoms. The Morgan fingerprint density at radius 1 is 0.919 bits per heavy atom. The molecule has 0 radical (unpaired) electrons. The zero-order valence-corrected chi connectivity index (χ0v) is 21.6. The zero-order chi connectivity index (χ0) is 26.2. The summed E-state index contributed by atoms with van der Waals surface area (Å²) in [5.41, 5.74) is 5.82. The van der Waals surface area contributed by atoms with Crippen LogP contribution in [0.2, 0.25) is 0 Å². The maximum Gasteiger partial charge on any atom is 0.172 e. The molecular formula is C29H30F2N4OS. The molecule has 0 spiro atoms. The van der Waals surface area contributed by atoms with Crippen LogP contribution in [0.3, 0.4) is 0 Å². The molecule has 1 unspecified atom stereocenters. The number of rotatable bonds is 8. The number of aryl methyl sites for hydroxylation is 1. The first-order valence-electron chi connectivity index (χ1n) is 12.2. The van der Waals surface area contributed by atoms with Crippen LogP contribution in [0.4, 0.5) is 8.78 Å². The summed E-state index contributed by atoms with van der Waals surface area (Å²) in [4.78, 5) is 2.96. The number of nitrogens with two attached hydrogens (primary N) is 1. The van der Waals surface area contributed by atoms with Crippen molar-refractivity contribution in [2.45, 2.75) is 31.1 Å². The largest absolute Gasteiger partial charge is 0.323 e. The maximum absolute atomic E-state index is 13.6. The van der Waals surface area contributed by atoms with Crippen LogP contribution in [0.15, 0.2) is 92.8 Å². The molecule has 0 amide bonds. The Morgan fingerprint density at radius 2 is 1.46 bits per heavy atom. The fourth-order valence-corrected chi connectivity index (χ4v) is 5.07. The van der Waals surface area contributed by atoms with E-state index in [1.807, 2.05) is 19.1 Å². The third kappa shape index (κ3) is 7.27. The number of hydrogen-bond donors (Lipinski definition) is 1. The molecule has 1 heterocycles. The normalized spacial score (nSPS) is 15.8. The van der Waals surface area contributed by atoms with Gasteiger partial charge in [-0.2, -0.15) is 9.50 Å². The minimum Gasteiger partial charge on any atom is -0.323 e. The van der Waals surface area contributed by atoms with E-state index in [0.717, 1.165) is 54.7 Å². The highest BCUT2D eigenvalue weighted by molar-refractivity contribution is 7.83. The minimum absolute atomic E-state index is 0.286. The zero-order valence-electron chi connectivity index (χ0n) is 20.7. The van der Waals surface area contributed by atoms with E-state index >= 15 is 0 Å². The number of halogens is 2. The lowest BCUT2D eigenvalue weighted by molar-refractivity contribution is 0.264. The molecule has 5 nitrogen and oxygen atoms in total. The molecule has 0 saturated carbocycles. The van der Waals surface area contributed by atoms with Crippen LogP contribution >= 0.6 is 0 Å². The lowest BCUT2D eigenvalue weighted by atomic mass is 9.88. The van der Waals surface area contributed by atoms with Gasteiger partial charge in [0.05, 0.1) is 16.8 Å². The summed E-state index contributed by atoms with van der Waals surface area (Å²) in [7, 11) is -1.51. The molecule has 2 N–H and O–H groups in total. The second-order valence-electron chi connectivity index (χ2n) is 9.00. The number of hydrazone groups is 1. The van der Waals surface area contributed by atoms with Crippen molar-refractivity contribution in [1.29, 1.82) is 0 Å². The van der Waals surface area contributed by atoms with Crippen molar-refractivity contribution >= 4 is 28.5 Å². The summed E-state index contributed by atoms with van der Waals surface area (Å²) < 4.78 is 43.7. The van der Waals surface area contributed by atoms with Crippen molar-refractivity contribution in [2.24, 2.45) is 15.3 Å². The van der Waals surface area contributed by atoms with Crippen LogP contribution in [0.1, 0.15) is 36.0 Å². The van der Waals surface area contributed by atoms with Crippen molar-refractivity contribution in [3.8, 4) is 0 Å². The van der Waals surface area contributed by atoms with E-state index in [9.17, 15) is 13.0 Å². The van der Waals surface area contributed by atoms with Crippen LogP contribution < -0.4 is 5.84 Å². The van der Waals surface area contributed by atoms with Gasteiger partial charge in [0.2, 0.25) is 0 Å². The van der Waals surface area contributed by atoms with Crippen LogP contribution in [0, 0.1) is 18.6 Å². The van der Waals surface area contributed by atoms with Gasteiger partial charge in [0.15, 0.2) is 11.0 Å². The summed E-state index contributed by atoms with van der Waals surface area (Å²) in [6.07, 6.45) is 3.76. The molecule has 1 atom stereocenters. The molecule has 1 fully saturated rings. The quantitative estimate of drug-likeness (QED) is 0.236. The van der Waals surface area contributed by atoms with Gasteiger partial charge in [-0.15, -0.1) is 0 Å². The Labute approximate surface area is 219 Å². The first-order chi connectivity index (χ1) is 17.9. The van der Waals surface area contributed by atoms with Gasteiger partial charge >= 0.3 is 0 Å². The van der Waals surface area contributed by atoms with E-state index in [1.54, 1.807) is 36.4 Å². The Morgan fingerprint density at radius 3 is 1.97 bits per heavy atom. The van der Waals surface area contributed by atoms with Crippen molar-refractivity contribution in [3.05, 3.63) is 107 Å². The molecule has 37 heavy (non-hydrogen) atoms. The van der Waals surface area contributed by atoms with Gasteiger partial charge in [0, 0.05) is 26.1 Å². The molecule has 0 bridgehead atoms. The molecule has 0 aliphatic carbocycles. The average Bonchev–Trinajstić information content (AvgIpc) is 2.92. The van der Waals surface area contributed by atoms with Gasteiger partial charge in [0.25, 0.3) is 0 Å². The fourth-order valence-electron chi connectivity index (χ4n) is 4.36. The molecule has 1 saturated heterocycles. The van der Waals surface area contributed by atoms with Crippen LogP contribution in [0.5, 0.6) is 0 Å². The number of piperidine rings is 1. The average molecular weight is 521 g/mol. The Balaban J connectivity index is 1.39. The highest BCUT2D eigenvalue weighted by Crippen LogP contribution is 2.32. The van der Waals surface area contributed by atoms with Crippen LogP contribution in [-0.4, -0.2) is 40.7 Å². The Bertz CT molecular complexity index is 1260. The molecule has 3 aromatic carbocycles. The fraction of sp³-hybridized carbons (Fsp3) is 0.241. The number of hydrogen-bond acceptors (Lipinski definition) is 4. The third-order valence-electron chi connectivity index (χ3n) is 6.45. The maximum atomic E-state index is 13.6. The summed E-state index contributed by atoms with van der Waals surface area (Å²) in [5.74, 6) is 4.99. The lowest BCUT2D eigenvalue weighted by Gasteiger charge is -2.30. The first kappa shape index (κ1) is 26.6. The van der Waals surface area contributed by atoms with E-state index in [0.29, 0.717) is 17.0 Å². The standard InChI is InChI=1S/C29H30F2N4OS/c1-21-2-12-28(13-3-21)37(36)33-20-27(34-32)16-19-35-17-14-24(15-18-35)29(22-4-8-25(30)9-5-22)23-6-10-26(31)11-7-23/h2-13,20H,14-19,32H2,1H3/b33-20+,34-27-. The van der Waals surface area contributed by atoms with Gasteiger partial charge in [-0.25, -0.2) is 13.0 Å². The molecule has 4 rings (SSSR count). The monoisotopic (exact) mass is 520 g/mol. The summed E-state index contributed by atoms with van der Waals surface area (Å²) >= 11 is 0. The third-order valence-corrected chi connectivity index (χ3v) is 7.42. The van der Waals surface area contributed by atoms with Crippen molar-refractivity contribution in [3.63, 3.8) is 0 Å². The second kappa shape index (κ2) is 12.7. The van der Waals surface area contributed by atoms with Crippen molar-refractivity contribution in [2.75, 3.05) is 19.6 Å². The number of benzene rings is 3. The van der Waals surface area contributed by atoms with E-state index in [-0.39, 0.29) is 11.6 Å². The van der Waals surface area contributed by atoms with Gasteiger partial charge < -0.3 is 10.7 Å². The highest BCUT2D eigenvalue weighted by Gasteiger charge is 2.19. The van der Waals surface area contributed by atoms with E-state index in [4.69, 9.17) is 5.84 Å².